The lowest BCUT2D eigenvalue weighted by molar-refractivity contribution is 0.0694. The second-order valence-corrected chi connectivity index (χ2v) is 4.79. The van der Waals surface area contributed by atoms with Gasteiger partial charge in [-0.05, 0) is 38.5 Å². The lowest BCUT2D eigenvalue weighted by atomic mass is 10.1. The van der Waals surface area contributed by atoms with Gasteiger partial charge >= 0.3 is 5.97 Å². The van der Waals surface area contributed by atoms with Crippen molar-refractivity contribution in [2.24, 2.45) is 0 Å². The molecule has 0 saturated heterocycles. The number of carboxylic acids is 1. The van der Waals surface area contributed by atoms with E-state index in [1.807, 2.05) is 25.1 Å². The van der Waals surface area contributed by atoms with Crippen LogP contribution in [-0.4, -0.2) is 20.6 Å². The number of rotatable bonds is 3. The van der Waals surface area contributed by atoms with Crippen LogP contribution in [0, 0.1) is 20.8 Å². The van der Waals surface area contributed by atoms with Crippen molar-refractivity contribution in [1.82, 2.24) is 9.55 Å². The quantitative estimate of drug-likeness (QED) is 0.926. The van der Waals surface area contributed by atoms with E-state index in [0.717, 1.165) is 11.4 Å². The molecule has 104 valence electrons. The molecule has 1 N–H and O–H groups in total. The number of hydrogen-bond donors (Lipinski definition) is 1. The van der Waals surface area contributed by atoms with Gasteiger partial charge in [0.25, 0.3) is 5.56 Å². The third-order valence-electron chi connectivity index (χ3n) is 3.25. The zero-order valence-electron chi connectivity index (χ0n) is 11.7. The number of hydrogen-bond acceptors (Lipinski definition) is 3. The molecule has 0 unspecified atom stereocenters. The molecule has 0 bridgehead atoms. The first-order chi connectivity index (χ1) is 9.40. The highest BCUT2D eigenvalue weighted by Crippen LogP contribution is 2.12. The molecule has 0 amide bonds. The minimum absolute atomic E-state index is 0.178. The average molecular weight is 272 g/mol. The maximum Gasteiger partial charge on any atom is 0.337 e. The summed E-state index contributed by atoms with van der Waals surface area (Å²) < 4.78 is 1.44. The summed E-state index contributed by atoms with van der Waals surface area (Å²) in [7, 11) is 0. The average Bonchev–Trinajstić information content (AvgIpc) is 2.33. The fourth-order valence-electron chi connectivity index (χ4n) is 2.29. The highest BCUT2D eigenvalue weighted by molar-refractivity contribution is 5.90. The molecular formula is C15H16N2O3. The van der Waals surface area contributed by atoms with E-state index in [9.17, 15) is 14.7 Å². The smallest absolute Gasteiger partial charge is 0.337 e. The van der Waals surface area contributed by atoms with Crippen LogP contribution in [0.1, 0.15) is 33.0 Å². The predicted octanol–water partition coefficient (Wildman–Crippen LogP) is 1.92. The normalized spacial score (nSPS) is 10.6. The Morgan fingerprint density at radius 2 is 2.00 bits per heavy atom. The number of carboxylic acid groups (broad SMARTS) is 1. The van der Waals surface area contributed by atoms with Crippen molar-refractivity contribution in [2.45, 2.75) is 27.3 Å². The molecule has 2 rings (SSSR count). The largest absolute Gasteiger partial charge is 0.478 e. The van der Waals surface area contributed by atoms with Crippen LogP contribution in [-0.2, 0) is 6.54 Å². The van der Waals surface area contributed by atoms with Gasteiger partial charge in [-0.3, -0.25) is 9.78 Å². The Morgan fingerprint density at radius 3 is 2.60 bits per heavy atom. The molecule has 0 aliphatic heterocycles. The third kappa shape index (κ3) is 2.61. The summed E-state index contributed by atoms with van der Waals surface area (Å²) in [6, 6.07) is 6.91. The highest BCUT2D eigenvalue weighted by atomic mass is 16.4. The molecule has 0 spiro atoms. The Balaban J connectivity index is 2.55. The highest BCUT2D eigenvalue weighted by Gasteiger charge is 2.16. The van der Waals surface area contributed by atoms with Gasteiger partial charge in [-0.15, -0.1) is 0 Å². The van der Waals surface area contributed by atoms with Crippen molar-refractivity contribution >= 4 is 5.97 Å². The Hall–Kier alpha value is -2.43. The lowest BCUT2D eigenvalue weighted by Crippen LogP contribution is -2.26. The van der Waals surface area contributed by atoms with Crippen molar-refractivity contribution in [3.05, 3.63) is 62.8 Å². The Labute approximate surface area is 116 Å². The van der Waals surface area contributed by atoms with Gasteiger partial charge in [0.1, 0.15) is 0 Å². The minimum atomic E-state index is -1.02. The van der Waals surface area contributed by atoms with Crippen LogP contribution in [0.3, 0.4) is 0 Å². The molecule has 20 heavy (non-hydrogen) atoms. The monoisotopic (exact) mass is 272 g/mol. The third-order valence-corrected chi connectivity index (χ3v) is 3.25. The molecule has 0 aromatic carbocycles. The molecule has 0 aliphatic rings. The zero-order valence-corrected chi connectivity index (χ0v) is 11.7. The van der Waals surface area contributed by atoms with E-state index >= 15 is 0 Å². The summed E-state index contributed by atoms with van der Waals surface area (Å²) >= 11 is 0. The van der Waals surface area contributed by atoms with Crippen LogP contribution < -0.4 is 5.56 Å². The summed E-state index contributed by atoms with van der Waals surface area (Å²) in [6.07, 6.45) is 0. The van der Waals surface area contributed by atoms with Gasteiger partial charge in [-0.25, -0.2) is 4.79 Å². The Morgan fingerprint density at radius 1 is 1.30 bits per heavy atom. The summed E-state index contributed by atoms with van der Waals surface area (Å²) in [5, 5.41) is 9.24. The first-order valence-electron chi connectivity index (χ1n) is 6.27. The van der Waals surface area contributed by atoms with Gasteiger partial charge in [0, 0.05) is 17.5 Å². The Bertz CT molecular complexity index is 732. The van der Waals surface area contributed by atoms with E-state index < -0.39 is 5.97 Å². The van der Waals surface area contributed by atoms with Crippen molar-refractivity contribution in [1.29, 1.82) is 0 Å². The summed E-state index contributed by atoms with van der Waals surface area (Å²) in [6.45, 7) is 5.42. The second-order valence-electron chi connectivity index (χ2n) is 4.79. The summed E-state index contributed by atoms with van der Waals surface area (Å²) in [5.74, 6) is -1.02. The number of pyridine rings is 2. The van der Waals surface area contributed by atoms with Crippen LogP contribution >= 0.6 is 0 Å². The number of nitrogens with zero attached hydrogens (tertiary/aromatic N) is 2. The van der Waals surface area contributed by atoms with Crippen LogP contribution in [0.2, 0.25) is 0 Å². The maximum absolute atomic E-state index is 12.1. The van der Waals surface area contributed by atoms with Crippen molar-refractivity contribution in [3.8, 4) is 0 Å². The summed E-state index contributed by atoms with van der Waals surface area (Å²) in [4.78, 5) is 27.7. The molecule has 5 heteroatoms. The fourth-order valence-corrected chi connectivity index (χ4v) is 2.29. The Kier molecular flexibility index (Phi) is 3.70. The zero-order chi connectivity index (χ0) is 14.9. The molecule has 5 nitrogen and oxygen atoms in total. The van der Waals surface area contributed by atoms with Gasteiger partial charge in [0.15, 0.2) is 0 Å². The van der Waals surface area contributed by atoms with Gasteiger partial charge in [-0.2, -0.15) is 0 Å². The number of aryl methyl sites for hydroxylation is 2. The summed E-state index contributed by atoms with van der Waals surface area (Å²) in [5.41, 5.74) is 2.49. The van der Waals surface area contributed by atoms with E-state index in [2.05, 4.69) is 4.98 Å². The van der Waals surface area contributed by atoms with Crippen LogP contribution in [0.25, 0.3) is 0 Å². The first kappa shape index (κ1) is 14.0. The molecule has 2 aromatic heterocycles. The van der Waals surface area contributed by atoms with E-state index in [1.54, 1.807) is 13.8 Å². The van der Waals surface area contributed by atoms with Crippen molar-refractivity contribution in [2.75, 3.05) is 0 Å². The molecule has 0 saturated carbocycles. The lowest BCUT2D eigenvalue weighted by Gasteiger charge is -2.13. The van der Waals surface area contributed by atoms with Crippen molar-refractivity contribution < 1.29 is 9.90 Å². The minimum Gasteiger partial charge on any atom is -0.478 e. The SMILES string of the molecule is Cc1cccc(Cn2c(C)c(C(=O)O)c(C)cc2=O)n1. The number of carbonyl (C=O) groups is 1. The molecule has 0 radical (unpaired) electrons. The first-order valence-corrected chi connectivity index (χ1v) is 6.27. The molecule has 2 heterocycles. The molecule has 0 atom stereocenters. The van der Waals surface area contributed by atoms with Gasteiger partial charge in [-0.1, -0.05) is 6.07 Å². The fraction of sp³-hybridized carbons (Fsp3) is 0.267. The predicted molar refractivity (Wildman–Crippen MR) is 75.2 cm³/mol. The van der Waals surface area contributed by atoms with Gasteiger partial charge in [0.2, 0.25) is 0 Å². The molecule has 0 fully saturated rings. The second kappa shape index (κ2) is 5.28. The van der Waals surface area contributed by atoms with Crippen LogP contribution in [0.4, 0.5) is 0 Å². The van der Waals surface area contributed by atoms with E-state index in [-0.39, 0.29) is 17.7 Å². The standard InChI is InChI=1S/C15H16N2O3/c1-9-7-13(18)17(11(3)14(9)15(19)20)8-12-6-4-5-10(2)16-12/h4-7H,8H2,1-3H3,(H,19,20). The van der Waals surface area contributed by atoms with E-state index in [4.69, 9.17) is 0 Å². The van der Waals surface area contributed by atoms with Crippen molar-refractivity contribution in [3.63, 3.8) is 0 Å². The molecule has 0 aliphatic carbocycles. The topological polar surface area (TPSA) is 72.2 Å². The number of aromatic carboxylic acids is 1. The van der Waals surface area contributed by atoms with E-state index in [0.29, 0.717) is 11.3 Å². The van der Waals surface area contributed by atoms with Crippen LogP contribution in [0.15, 0.2) is 29.1 Å². The van der Waals surface area contributed by atoms with E-state index in [1.165, 1.54) is 10.6 Å². The maximum atomic E-state index is 12.1. The molecule has 2 aromatic rings. The van der Waals surface area contributed by atoms with Gasteiger partial charge in [0.05, 0.1) is 17.8 Å². The molecular weight excluding hydrogens is 256 g/mol. The van der Waals surface area contributed by atoms with Crippen LogP contribution in [0.5, 0.6) is 0 Å². The number of aromatic nitrogens is 2. The van der Waals surface area contributed by atoms with Gasteiger partial charge < -0.3 is 9.67 Å².